The van der Waals surface area contributed by atoms with Gasteiger partial charge < -0.3 is 10.4 Å². The smallest absolute Gasteiger partial charge is 0.320 e. The average molecular weight is 280 g/mol. The first kappa shape index (κ1) is 14.8. The zero-order valence-electron chi connectivity index (χ0n) is 11.7. The van der Waals surface area contributed by atoms with Crippen LogP contribution in [0.4, 0.5) is 10.1 Å². The predicted octanol–water partition coefficient (Wildman–Crippen LogP) is 2.57. The van der Waals surface area contributed by atoms with Crippen molar-refractivity contribution in [3.8, 4) is 0 Å². The number of carboxylic acid groups (broad SMARTS) is 1. The Morgan fingerprint density at radius 2 is 2.10 bits per heavy atom. The summed E-state index contributed by atoms with van der Waals surface area (Å²) in [5.41, 5.74) is 0.524. The molecule has 1 aliphatic heterocycles. The van der Waals surface area contributed by atoms with Gasteiger partial charge in [-0.25, -0.2) is 4.39 Å². The molecule has 1 atom stereocenters. The van der Waals surface area contributed by atoms with Gasteiger partial charge >= 0.3 is 5.97 Å². The maximum atomic E-state index is 13.6. The summed E-state index contributed by atoms with van der Waals surface area (Å²) in [7, 11) is 0. The lowest BCUT2D eigenvalue weighted by Gasteiger charge is -2.35. The van der Waals surface area contributed by atoms with Gasteiger partial charge in [0.1, 0.15) is 11.9 Å². The highest BCUT2D eigenvalue weighted by atomic mass is 19.1. The Balaban J connectivity index is 1.88. The van der Waals surface area contributed by atoms with Crippen LogP contribution in [0.3, 0.4) is 0 Å². The topological polar surface area (TPSA) is 52.6 Å². The molecule has 0 radical (unpaired) electrons. The molecule has 0 spiro atoms. The van der Waals surface area contributed by atoms with Crippen molar-refractivity contribution in [3.05, 3.63) is 30.1 Å². The summed E-state index contributed by atoms with van der Waals surface area (Å²) in [6, 6.07) is 6.45. The number of nitrogens with zero attached hydrogens (tertiary/aromatic N) is 1. The highest BCUT2D eigenvalue weighted by molar-refractivity contribution is 5.73. The number of para-hydroxylation sites is 1. The van der Waals surface area contributed by atoms with E-state index in [1.54, 1.807) is 18.2 Å². The number of anilines is 1. The van der Waals surface area contributed by atoms with Crippen LogP contribution < -0.4 is 5.32 Å². The minimum absolute atomic E-state index is 0.203. The Morgan fingerprint density at radius 1 is 1.45 bits per heavy atom. The molecule has 1 aromatic rings. The van der Waals surface area contributed by atoms with Gasteiger partial charge in [-0.05, 0) is 31.4 Å². The molecule has 0 aromatic heterocycles. The second kappa shape index (κ2) is 6.70. The number of benzene rings is 1. The summed E-state index contributed by atoms with van der Waals surface area (Å²) in [6.07, 6.45) is 2.27. The predicted molar refractivity (Wildman–Crippen MR) is 76.3 cm³/mol. The zero-order valence-corrected chi connectivity index (χ0v) is 11.7. The molecule has 110 valence electrons. The second-order valence-corrected chi connectivity index (χ2v) is 5.20. The van der Waals surface area contributed by atoms with E-state index in [1.165, 1.54) is 6.07 Å². The molecule has 1 aromatic carbocycles. The molecule has 0 aliphatic carbocycles. The molecule has 0 amide bonds. The molecule has 20 heavy (non-hydrogen) atoms. The Kier molecular flexibility index (Phi) is 4.95. The van der Waals surface area contributed by atoms with E-state index in [-0.39, 0.29) is 11.9 Å². The maximum Gasteiger partial charge on any atom is 0.320 e. The van der Waals surface area contributed by atoms with Gasteiger partial charge in [0.25, 0.3) is 0 Å². The van der Waals surface area contributed by atoms with Crippen molar-refractivity contribution in [2.75, 3.05) is 18.4 Å². The quantitative estimate of drug-likeness (QED) is 0.870. The fourth-order valence-electron chi connectivity index (χ4n) is 2.74. The minimum Gasteiger partial charge on any atom is -0.480 e. The largest absolute Gasteiger partial charge is 0.480 e. The van der Waals surface area contributed by atoms with E-state index in [9.17, 15) is 9.18 Å². The van der Waals surface area contributed by atoms with Gasteiger partial charge in [0, 0.05) is 19.1 Å². The van der Waals surface area contributed by atoms with E-state index in [4.69, 9.17) is 5.11 Å². The van der Waals surface area contributed by atoms with Crippen LogP contribution in [0.15, 0.2) is 24.3 Å². The Bertz CT molecular complexity index is 459. The van der Waals surface area contributed by atoms with Gasteiger partial charge in [-0.2, -0.15) is 0 Å². The summed E-state index contributed by atoms with van der Waals surface area (Å²) >= 11 is 0. The molecular weight excluding hydrogens is 259 g/mol. The van der Waals surface area contributed by atoms with Crippen LogP contribution in [-0.2, 0) is 4.79 Å². The maximum absolute atomic E-state index is 13.6. The van der Waals surface area contributed by atoms with Gasteiger partial charge in [0.15, 0.2) is 0 Å². The van der Waals surface area contributed by atoms with Gasteiger partial charge in [-0.15, -0.1) is 0 Å². The molecule has 2 rings (SSSR count). The third-order valence-corrected chi connectivity index (χ3v) is 3.88. The van der Waals surface area contributed by atoms with Crippen molar-refractivity contribution in [2.45, 2.75) is 38.3 Å². The average Bonchev–Trinajstić information content (AvgIpc) is 2.43. The molecule has 1 aliphatic rings. The Labute approximate surface area is 118 Å². The summed E-state index contributed by atoms with van der Waals surface area (Å²) in [5.74, 6) is -1.00. The lowest BCUT2D eigenvalue weighted by Crippen LogP contribution is -2.47. The van der Waals surface area contributed by atoms with Crippen LogP contribution in [0, 0.1) is 5.82 Å². The Hall–Kier alpha value is -1.62. The minimum atomic E-state index is -0.756. The molecule has 1 fully saturated rings. The summed E-state index contributed by atoms with van der Waals surface area (Å²) in [4.78, 5) is 13.1. The first-order valence-electron chi connectivity index (χ1n) is 7.09. The number of halogens is 1. The summed E-state index contributed by atoms with van der Waals surface area (Å²) in [5, 5.41) is 12.4. The highest BCUT2D eigenvalue weighted by Crippen LogP contribution is 2.20. The monoisotopic (exact) mass is 280 g/mol. The molecule has 5 heteroatoms. The Morgan fingerprint density at radius 3 is 2.65 bits per heavy atom. The van der Waals surface area contributed by atoms with Crippen molar-refractivity contribution in [3.63, 3.8) is 0 Å². The van der Waals surface area contributed by atoms with Gasteiger partial charge in [-0.1, -0.05) is 19.1 Å². The molecule has 1 heterocycles. The van der Waals surface area contributed by atoms with Crippen molar-refractivity contribution >= 4 is 11.7 Å². The lowest BCUT2D eigenvalue weighted by molar-refractivity contribution is -0.143. The number of rotatable bonds is 5. The summed E-state index contributed by atoms with van der Waals surface area (Å²) in [6.45, 7) is 3.36. The highest BCUT2D eigenvalue weighted by Gasteiger charge is 2.28. The number of aliphatic carboxylic acids is 1. The number of carbonyl (C=O) groups is 1. The van der Waals surface area contributed by atoms with E-state index >= 15 is 0 Å². The molecule has 0 unspecified atom stereocenters. The molecule has 2 N–H and O–H groups in total. The van der Waals surface area contributed by atoms with E-state index in [0.29, 0.717) is 12.1 Å². The number of nitrogens with one attached hydrogen (secondary N) is 1. The lowest BCUT2D eigenvalue weighted by atomic mass is 10.0. The van der Waals surface area contributed by atoms with Crippen LogP contribution >= 0.6 is 0 Å². The number of likely N-dealkylation sites (tertiary alicyclic amines) is 1. The normalized spacial score (nSPS) is 18.7. The standard InChI is InChI=1S/C15H21FN2O2/c1-2-14(15(19)20)18-9-7-11(8-10-18)17-13-6-4-3-5-12(13)16/h3-6,11,14,17H,2,7-10H2,1H3,(H,19,20)/t14-/m0/s1. The number of piperidine rings is 1. The van der Waals surface area contributed by atoms with Gasteiger partial charge in [-0.3, -0.25) is 9.69 Å². The molecule has 0 saturated carbocycles. The van der Waals surface area contributed by atoms with Crippen molar-refractivity contribution in [1.29, 1.82) is 0 Å². The number of carboxylic acids is 1. The fourth-order valence-corrected chi connectivity index (χ4v) is 2.74. The van der Waals surface area contributed by atoms with Gasteiger partial charge in [0.05, 0.1) is 5.69 Å². The van der Waals surface area contributed by atoms with E-state index in [1.807, 2.05) is 11.8 Å². The first-order valence-corrected chi connectivity index (χ1v) is 7.09. The van der Waals surface area contributed by atoms with E-state index in [2.05, 4.69) is 5.32 Å². The molecule has 1 saturated heterocycles. The number of hydrogen-bond donors (Lipinski definition) is 2. The van der Waals surface area contributed by atoms with Crippen molar-refractivity contribution in [1.82, 2.24) is 4.90 Å². The van der Waals surface area contributed by atoms with Crippen LogP contribution in [0.1, 0.15) is 26.2 Å². The fraction of sp³-hybridized carbons (Fsp3) is 0.533. The van der Waals surface area contributed by atoms with Crippen LogP contribution in [0.5, 0.6) is 0 Å². The number of hydrogen-bond acceptors (Lipinski definition) is 3. The SMILES string of the molecule is CC[C@@H](C(=O)O)N1CCC(Nc2ccccc2F)CC1. The van der Waals surface area contributed by atoms with Crippen LogP contribution in [0.25, 0.3) is 0 Å². The molecule has 0 bridgehead atoms. The second-order valence-electron chi connectivity index (χ2n) is 5.20. The van der Waals surface area contributed by atoms with Gasteiger partial charge in [0.2, 0.25) is 0 Å². The third kappa shape index (κ3) is 3.48. The van der Waals surface area contributed by atoms with Crippen LogP contribution in [0.2, 0.25) is 0 Å². The molecular formula is C15H21FN2O2. The van der Waals surface area contributed by atoms with Crippen molar-refractivity contribution in [2.24, 2.45) is 0 Å². The van der Waals surface area contributed by atoms with E-state index in [0.717, 1.165) is 25.9 Å². The first-order chi connectivity index (χ1) is 9.61. The third-order valence-electron chi connectivity index (χ3n) is 3.88. The van der Waals surface area contributed by atoms with E-state index < -0.39 is 12.0 Å². The van der Waals surface area contributed by atoms with Crippen molar-refractivity contribution < 1.29 is 14.3 Å². The van der Waals surface area contributed by atoms with Crippen LogP contribution in [-0.4, -0.2) is 41.1 Å². The summed E-state index contributed by atoms with van der Waals surface area (Å²) < 4.78 is 13.6. The zero-order chi connectivity index (χ0) is 14.5. The molecule has 4 nitrogen and oxygen atoms in total.